The zero-order valence-corrected chi connectivity index (χ0v) is 11.3. The molecule has 0 radical (unpaired) electrons. The van der Waals surface area contributed by atoms with Gasteiger partial charge in [-0.15, -0.1) is 11.3 Å². The predicted octanol–water partition coefficient (Wildman–Crippen LogP) is 2.48. The summed E-state index contributed by atoms with van der Waals surface area (Å²) in [4.78, 5) is 16.3. The maximum absolute atomic E-state index is 11.9. The number of nitrogens with zero attached hydrogens (tertiary/aromatic N) is 3. The lowest BCUT2D eigenvalue weighted by atomic mass is 9.93. The Kier molecular flexibility index (Phi) is 3.38. The van der Waals surface area contributed by atoms with Gasteiger partial charge < -0.3 is 0 Å². The highest BCUT2D eigenvalue weighted by molar-refractivity contribution is 7.14. The van der Waals surface area contributed by atoms with E-state index in [1.165, 1.54) is 23.7 Å². The summed E-state index contributed by atoms with van der Waals surface area (Å²) in [5.74, 6) is -0.222. The molecule has 0 aliphatic heterocycles. The monoisotopic (exact) mass is 262 g/mol. The van der Waals surface area contributed by atoms with E-state index in [-0.39, 0.29) is 11.3 Å². The minimum Gasteiger partial charge on any atom is -0.298 e. The van der Waals surface area contributed by atoms with Crippen LogP contribution in [0, 0.1) is 0 Å². The standard InChI is InChI=1S/C12H14N4OS/c1-12(2,3)9-7-18-11(15-9)16-10(17)8-4-5-13-14-6-8/h4-7H,1-3H3,(H,15,16,17). The highest BCUT2D eigenvalue weighted by Gasteiger charge is 2.18. The van der Waals surface area contributed by atoms with Gasteiger partial charge >= 0.3 is 0 Å². The summed E-state index contributed by atoms with van der Waals surface area (Å²) >= 11 is 1.42. The Labute approximate surface area is 109 Å². The number of carbonyl (C=O) groups is 1. The van der Waals surface area contributed by atoms with Gasteiger partial charge in [-0.1, -0.05) is 20.8 Å². The smallest absolute Gasteiger partial charge is 0.259 e. The maximum Gasteiger partial charge on any atom is 0.259 e. The third-order valence-corrected chi connectivity index (χ3v) is 3.10. The van der Waals surface area contributed by atoms with Crippen LogP contribution in [0.2, 0.25) is 0 Å². The van der Waals surface area contributed by atoms with E-state index in [1.807, 2.05) is 5.38 Å². The third kappa shape index (κ3) is 2.89. The Morgan fingerprint density at radius 1 is 1.33 bits per heavy atom. The largest absolute Gasteiger partial charge is 0.298 e. The number of hydrogen-bond donors (Lipinski definition) is 1. The molecule has 6 heteroatoms. The molecule has 0 aliphatic carbocycles. The van der Waals surface area contributed by atoms with Crippen LogP contribution in [0.1, 0.15) is 36.8 Å². The topological polar surface area (TPSA) is 67.8 Å². The van der Waals surface area contributed by atoms with E-state index in [1.54, 1.807) is 6.07 Å². The van der Waals surface area contributed by atoms with E-state index in [0.29, 0.717) is 10.7 Å². The molecule has 1 amide bonds. The number of hydrogen-bond acceptors (Lipinski definition) is 5. The summed E-state index contributed by atoms with van der Waals surface area (Å²) in [6.45, 7) is 6.25. The Bertz CT molecular complexity index is 545. The Balaban J connectivity index is 2.11. The fourth-order valence-corrected chi connectivity index (χ4v) is 2.20. The van der Waals surface area contributed by atoms with Crippen molar-refractivity contribution in [3.8, 4) is 0 Å². The summed E-state index contributed by atoms with van der Waals surface area (Å²) in [7, 11) is 0. The lowest BCUT2D eigenvalue weighted by Crippen LogP contribution is -2.14. The first-order valence-electron chi connectivity index (χ1n) is 5.51. The van der Waals surface area contributed by atoms with Crippen molar-refractivity contribution in [2.75, 3.05) is 5.32 Å². The van der Waals surface area contributed by atoms with E-state index in [0.717, 1.165) is 5.69 Å². The number of carbonyl (C=O) groups excluding carboxylic acids is 1. The zero-order chi connectivity index (χ0) is 13.2. The van der Waals surface area contributed by atoms with Crippen molar-refractivity contribution in [1.82, 2.24) is 15.2 Å². The first kappa shape index (κ1) is 12.6. The number of nitrogens with one attached hydrogen (secondary N) is 1. The summed E-state index contributed by atoms with van der Waals surface area (Å²) in [6.07, 6.45) is 2.91. The van der Waals surface area contributed by atoms with Gasteiger partial charge in [-0.05, 0) is 6.07 Å². The normalized spacial score (nSPS) is 11.3. The molecule has 2 heterocycles. The third-order valence-electron chi connectivity index (χ3n) is 2.34. The van der Waals surface area contributed by atoms with Gasteiger partial charge in [0, 0.05) is 10.8 Å². The van der Waals surface area contributed by atoms with Crippen LogP contribution in [0.25, 0.3) is 0 Å². The molecule has 5 nitrogen and oxygen atoms in total. The Morgan fingerprint density at radius 3 is 2.67 bits per heavy atom. The highest BCUT2D eigenvalue weighted by atomic mass is 32.1. The van der Waals surface area contributed by atoms with Gasteiger partial charge in [0.05, 0.1) is 23.7 Å². The van der Waals surface area contributed by atoms with Crippen molar-refractivity contribution < 1.29 is 4.79 Å². The summed E-state index contributed by atoms with van der Waals surface area (Å²) in [6, 6.07) is 1.61. The first-order valence-corrected chi connectivity index (χ1v) is 6.39. The molecule has 0 saturated carbocycles. The molecule has 0 aromatic carbocycles. The molecule has 94 valence electrons. The van der Waals surface area contributed by atoms with E-state index >= 15 is 0 Å². The van der Waals surface area contributed by atoms with Gasteiger partial charge in [0.2, 0.25) is 0 Å². The molecule has 1 N–H and O–H groups in total. The molecule has 2 aromatic heterocycles. The Morgan fingerprint density at radius 2 is 2.11 bits per heavy atom. The van der Waals surface area contributed by atoms with Gasteiger partial charge in [0.1, 0.15) is 0 Å². The quantitative estimate of drug-likeness (QED) is 0.902. The van der Waals surface area contributed by atoms with Crippen LogP contribution in [0.4, 0.5) is 5.13 Å². The van der Waals surface area contributed by atoms with Gasteiger partial charge in [0.15, 0.2) is 5.13 Å². The van der Waals surface area contributed by atoms with Crippen LogP contribution in [0.3, 0.4) is 0 Å². The molecule has 0 aliphatic rings. The number of thiazole rings is 1. The Hall–Kier alpha value is -1.82. The van der Waals surface area contributed by atoms with E-state index < -0.39 is 0 Å². The van der Waals surface area contributed by atoms with Crippen molar-refractivity contribution in [1.29, 1.82) is 0 Å². The van der Waals surface area contributed by atoms with Crippen molar-refractivity contribution in [3.63, 3.8) is 0 Å². The maximum atomic E-state index is 11.9. The number of rotatable bonds is 2. The van der Waals surface area contributed by atoms with Gasteiger partial charge in [-0.3, -0.25) is 10.1 Å². The second-order valence-corrected chi connectivity index (χ2v) is 5.73. The number of anilines is 1. The molecule has 2 rings (SSSR count). The molecule has 0 spiro atoms. The van der Waals surface area contributed by atoms with Gasteiger partial charge in [-0.2, -0.15) is 10.2 Å². The minimum absolute atomic E-state index is 0.0162. The lowest BCUT2D eigenvalue weighted by Gasteiger charge is -2.14. The van der Waals surface area contributed by atoms with E-state index in [9.17, 15) is 4.79 Å². The SMILES string of the molecule is CC(C)(C)c1csc(NC(=O)c2ccnnc2)n1. The predicted molar refractivity (Wildman–Crippen MR) is 70.8 cm³/mol. The molecule has 0 bridgehead atoms. The molecule has 0 atom stereocenters. The van der Waals surface area contributed by atoms with Crippen LogP contribution in [-0.2, 0) is 5.41 Å². The van der Waals surface area contributed by atoms with E-state index in [2.05, 4.69) is 41.3 Å². The van der Waals surface area contributed by atoms with Crippen molar-refractivity contribution in [2.45, 2.75) is 26.2 Å². The second kappa shape index (κ2) is 4.81. The van der Waals surface area contributed by atoms with Crippen LogP contribution in [0.5, 0.6) is 0 Å². The van der Waals surface area contributed by atoms with Crippen LogP contribution < -0.4 is 5.32 Å². The summed E-state index contributed by atoms with van der Waals surface area (Å²) in [5.41, 5.74) is 1.42. The van der Waals surface area contributed by atoms with Crippen LogP contribution >= 0.6 is 11.3 Å². The lowest BCUT2D eigenvalue weighted by molar-refractivity contribution is 0.102. The molecule has 0 fully saturated rings. The second-order valence-electron chi connectivity index (χ2n) is 4.87. The van der Waals surface area contributed by atoms with Crippen molar-refractivity contribution in [2.24, 2.45) is 0 Å². The highest BCUT2D eigenvalue weighted by Crippen LogP contribution is 2.26. The molecular weight excluding hydrogens is 248 g/mol. The van der Waals surface area contributed by atoms with Crippen molar-refractivity contribution in [3.05, 3.63) is 35.1 Å². The molecule has 0 unspecified atom stereocenters. The van der Waals surface area contributed by atoms with Crippen LogP contribution in [0.15, 0.2) is 23.8 Å². The van der Waals surface area contributed by atoms with Crippen LogP contribution in [-0.4, -0.2) is 21.1 Å². The van der Waals surface area contributed by atoms with Gasteiger partial charge in [-0.25, -0.2) is 4.98 Å². The minimum atomic E-state index is -0.222. The van der Waals surface area contributed by atoms with Crippen molar-refractivity contribution >= 4 is 22.4 Å². The molecule has 18 heavy (non-hydrogen) atoms. The molecule has 2 aromatic rings. The van der Waals surface area contributed by atoms with E-state index in [4.69, 9.17) is 0 Å². The average molecular weight is 262 g/mol. The molecule has 0 saturated heterocycles. The first-order chi connectivity index (χ1) is 8.47. The fraction of sp³-hybridized carbons (Fsp3) is 0.333. The summed E-state index contributed by atoms with van der Waals surface area (Å²) < 4.78 is 0. The number of aromatic nitrogens is 3. The fourth-order valence-electron chi connectivity index (χ4n) is 1.27. The zero-order valence-electron chi connectivity index (χ0n) is 10.5. The average Bonchev–Trinajstić information content (AvgIpc) is 2.78. The summed E-state index contributed by atoms with van der Waals surface area (Å²) in [5, 5.41) is 12.6. The van der Waals surface area contributed by atoms with Gasteiger partial charge in [0.25, 0.3) is 5.91 Å². The molecular formula is C12H14N4OS. The number of amides is 1.